The number of allylic oxidation sites excluding steroid dienone is 8. The van der Waals surface area contributed by atoms with E-state index in [0.29, 0.717) is 11.3 Å². The molecule has 0 aromatic heterocycles. The standard InChI is InChI=1S/C24H26N2O2/c1-6-26(7-2)20-8-9-23-16(3)10-21(28-24(23)13-20)14-22-12-19(17(4)15-25)11-18(5)27-22/h8-14H,6-7H2,1-5H3/b19-17+,21-14+. The second-order valence-electron chi connectivity index (χ2n) is 6.92. The maximum atomic E-state index is 9.18. The van der Waals surface area contributed by atoms with E-state index in [4.69, 9.17) is 9.47 Å². The molecule has 0 bridgehead atoms. The Bertz CT molecular complexity index is 980. The second kappa shape index (κ2) is 8.22. The predicted octanol–water partition coefficient (Wildman–Crippen LogP) is 5.87. The van der Waals surface area contributed by atoms with Gasteiger partial charge >= 0.3 is 0 Å². The van der Waals surface area contributed by atoms with Gasteiger partial charge in [-0.1, -0.05) is 0 Å². The largest absolute Gasteiger partial charge is 0.462 e. The molecule has 0 fully saturated rings. The Hall–Kier alpha value is -3.19. The van der Waals surface area contributed by atoms with Crippen LogP contribution in [0.15, 0.2) is 70.9 Å². The van der Waals surface area contributed by atoms with Crippen molar-refractivity contribution in [3.8, 4) is 11.8 Å². The molecular weight excluding hydrogens is 348 g/mol. The summed E-state index contributed by atoms with van der Waals surface area (Å²) < 4.78 is 12.0. The summed E-state index contributed by atoms with van der Waals surface area (Å²) >= 11 is 0. The molecule has 0 spiro atoms. The van der Waals surface area contributed by atoms with Crippen LogP contribution in [0.1, 0.15) is 40.2 Å². The molecule has 4 heteroatoms. The highest BCUT2D eigenvalue weighted by atomic mass is 16.5. The van der Waals surface area contributed by atoms with Crippen molar-refractivity contribution >= 4 is 11.3 Å². The van der Waals surface area contributed by atoms with Gasteiger partial charge in [0.15, 0.2) is 0 Å². The molecule has 1 aromatic rings. The molecule has 144 valence electrons. The van der Waals surface area contributed by atoms with Gasteiger partial charge in [-0.05, 0) is 76.1 Å². The molecule has 0 unspecified atom stereocenters. The molecule has 28 heavy (non-hydrogen) atoms. The number of nitriles is 1. The molecule has 1 aromatic carbocycles. The first-order chi connectivity index (χ1) is 13.4. The van der Waals surface area contributed by atoms with E-state index in [2.05, 4.69) is 49.9 Å². The summed E-state index contributed by atoms with van der Waals surface area (Å²) in [4.78, 5) is 2.29. The molecule has 0 radical (unpaired) electrons. The highest BCUT2D eigenvalue weighted by molar-refractivity contribution is 5.76. The Morgan fingerprint density at radius 2 is 1.86 bits per heavy atom. The molecule has 4 nitrogen and oxygen atoms in total. The average molecular weight is 374 g/mol. The summed E-state index contributed by atoms with van der Waals surface area (Å²) in [6.07, 6.45) is 7.62. The Kier molecular flexibility index (Phi) is 5.75. The Labute approximate surface area is 167 Å². The van der Waals surface area contributed by atoms with E-state index in [1.54, 1.807) is 6.92 Å². The quantitative estimate of drug-likeness (QED) is 0.618. The van der Waals surface area contributed by atoms with E-state index >= 15 is 0 Å². The Morgan fingerprint density at radius 3 is 2.54 bits per heavy atom. The first kappa shape index (κ1) is 19.6. The third kappa shape index (κ3) is 4.04. The summed E-state index contributed by atoms with van der Waals surface area (Å²) in [6.45, 7) is 12.0. The summed E-state index contributed by atoms with van der Waals surface area (Å²) in [5.74, 6) is 2.98. The van der Waals surface area contributed by atoms with Crippen LogP contribution in [0.5, 0.6) is 5.75 Å². The predicted molar refractivity (Wildman–Crippen MR) is 114 cm³/mol. The van der Waals surface area contributed by atoms with E-state index in [1.807, 2.05) is 31.2 Å². The van der Waals surface area contributed by atoms with Crippen molar-refractivity contribution in [3.63, 3.8) is 0 Å². The van der Waals surface area contributed by atoms with Gasteiger partial charge in [-0.2, -0.15) is 5.26 Å². The molecule has 0 aliphatic carbocycles. The average Bonchev–Trinajstić information content (AvgIpc) is 2.67. The molecule has 2 aliphatic heterocycles. The van der Waals surface area contributed by atoms with Crippen LogP contribution in [0.25, 0.3) is 5.57 Å². The fraction of sp³-hybridized carbons (Fsp3) is 0.292. The fourth-order valence-corrected chi connectivity index (χ4v) is 3.38. The van der Waals surface area contributed by atoms with Gasteiger partial charge in [0.1, 0.15) is 23.0 Å². The van der Waals surface area contributed by atoms with E-state index < -0.39 is 0 Å². The van der Waals surface area contributed by atoms with Crippen LogP contribution in [0.4, 0.5) is 5.69 Å². The van der Waals surface area contributed by atoms with E-state index in [-0.39, 0.29) is 0 Å². The highest BCUT2D eigenvalue weighted by Gasteiger charge is 2.17. The lowest BCUT2D eigenvalue weighted by Crippen LogP contribution is -2.21. The Morgan fingerprint density at radius 1 is 1.11 bits per heavy atom. The monoisotopic (exact) mass is 374 g/mol. The van der Waals surface area contributed by atoms with Crippen molar-refractivity contribution in [3.05, 3.63) is 76.5 Å². The van der Waals surface area contributed by atoms with Crippen molar-refractivity contribution in [1.29, 1.82) is 5.26 Å². The van der Waals surface area contributed by atoms with Crippen molar-refractivity contribution in [1.82, 2.24) is 0 Å². The van der Waals surface area contributed by atoms with Gasteiger partial charge in [0, 0.05) is 42.1 Å². The number of ether oxygens (including phenoxy) is 2. The number of fused-ring (bicyclic) bond motifs is 1. The van der Waals surface area contributed by atoms with Gasteiger partial charge in [0.25, 0.3) is 0 Å². The highest BCUT2D eigenvalue weighted by Crippen LogP contribution is 2.36. The van der Waals surface area contributed by atoms with Gasteiger partial charge < -0.3 is 14.4 Å². The van der Waals surface area contributed by atoms with Crippen LogP contribution in [-0.4, -0.2) is 13.1 Å². The normalized spacial score (nSPS) is 18.7. The molecule has 2 heterocycles. The molecule has 0 amide bonds. The van der Waals surface area contributed by atoms with E-state index in [0.717, 1.165) is 52.8 Å². The zero-order valence-electron chi connectivity index (χ0n) is 17.2. The third-order valence-corrected chi connectivity index (χ3v) is 4.93. The first-order valence-corrected chi connectivity index (χ1v) is 9.61. The molecule has 0 saturated heterocycles. The number of hydrogen-bond acceptors (Lipinski definition) is 4. The minimum absolute atomic E-state index is 0.657. The topological polar surface area (TPSA) is 45.5 Å². The Balaban J connectivity index is 1.95. The smallest absolute Gasteiger partial charge is 0.136 e. The number of benzene rings is 1. The number of nitrogens with zero attached hydrogens (tertiary/aromatic N) is 2. The van der Waals surface area contributed by atoms with Crippen molar-refractivity contribution in [2.24, 2.45) is 0 Å². The molecular formula is C24H26N2O2. The minimum atomic E-state index is 0.657. The lowest BCUT2D eigenvalue weighted by molar-refractivity contribution is 0.313. The molecule has 0 atom stereocenters. The van der Waals surface area contributed by atoms with Crippen LogP contribution in [0.2, 0.25) is 0 Å². The first-order valence-electron chi connectivity index (χ1n) is 9.61. The van der Waals surface area contributed by atoms with Crippen molar-refractivity contribution < 1.29 is 9.47 Å². The van der Waals surface area contributed by atoms with E-state index in [9.17, 15) is 5.26 Å². The molecule has 3 rings (SSSR count). The van der Waals surface area contributed by atoms with Crippen LogP contribution >= 0.6 is 0 Å². The molecule has 2 aliphatic rings. The summed E-state index contributed by atoms with van der Waals surface area (Å²) in [5, 5.41) is 9.18. The van der Waals surface area contributed by atoms with Crippen LogP contribution < -0.4 is 9.64 Å². The van der Waals surface area contributed by atoms with Crippen molar-refractivity contribution in [2.45, 2.75) is 34.6 Å². The third-order valence-electron chi connectivity index (χ3n) is 4.93. The van der Waals surface area contributed by atoms with Crippen LogP contribution in [-0.2, 0) is 4.74 Å². The number of rotatable bonds is 4. The van der Waals surface area contributed by atoms with Gasteiger partial charge in [-0.15, -0.1) is 0 Å². The van der Waals surface area contributed by atoms with Crippen LogP contribution in [0.3, 0.4) is 0 Å². The zero-order valence-corrected chi connectivity index (χ0v) is 17.2. The second-order valence-corrected chi connectivity index (χ2v) is 6.92. The molecule has 0 saturated carbocycles. The fourth-order valence-electron chi connectivity index (χ4n) is 3.38. The maximum absolute atomic E-state index is 9.18. The lowest BCUT2D eigenvalue weighted by atomic mass is 10.0. The van der Waals surface area contributed by atoms with Gasteiger partial charge in [-0.3, -0.25) is 0 Å². The number of hydrogen-bond donors (Lipinski definition) is 0. The maximum Gasteiger partial charge on any atom is 0.136 e. The summed E-state index contributed by atoms with van der Waals surface area (Å²) in [7, 11) is 0. The van der Waals surface area contributed by atoms with Gasteiger partial charge in [0.2, 0.25) is 0 Å². The minimum Gasteiger partial charge on any atom is -0.462 e. The summed E-state index contributed by atoms with van der Waals surface area (Å²) in [5.41, 5.74) is 4.91. The van der Waals surface area contributed by atoms with Crippen LogP contribution in [0, 0.1) is 11.3 Å². The zero-order chi connectivity index (χ0) is 20.3. The SMILES string of the molecule is CCN(CC)c1ccc2c(c1)O/C(=C/C1=CC(=C(\C)C#N)/C=C(C)O1)C=C2C. The van der Waals surface area contributed by atoms with Crippen molar-refractivity contribution in [2.75, 3.05) is 18.0 Å². The molecule has 0 N–H and O–H groups in total. The number of anilines is 1. The van der Waals surface area contributed by atoms with Gasteiger partial charge in [-0.25, -0.2) is 0 Å². The van der Waals surface area contributed by atoms with E-state index in [1.165, 1.54) is 0 Å². The lowest BCUT2D eigenvalue weighted by Gasteiger charge is -2.25. The van der Waals surface area contributed by atoms with Gasteiger partial charge in [0.05, 0.1) is 6.07 Å². The summed E-state index contributed by atoms with van der Waals surface area (Å²) in [6, 6.07) is 8.55.